The Morgan fingerprint density at radius 2 is 1.79 bits per heavy atom. The summed E-state index contributed by atoms with van der Waals surface area (Å²) in [6.45, 7) is 6.09. The van der Waals surface area contributed by atoms with Crippen molar-refractivity contribution in [2.24, 2.45) is 17.8 Å². The first kappa shape index (κ1) is 17.8. The Hall–Kier alpha value is -2.29. The molecule has 0 aromatic heterocycles. The summed E-state index contributed by atoms with van der Waals surface area (Å²) in [7, 11) is 0. The topological polar surface area (TPSA) is 41.1 Å². The molecule has 3 nitrogen and oxygen atoms in total. The lowest BCUT2D eigenvalue weighted by atomic mass is 9.68. The number of rotatable bonds is 2. The summed E-state index contributed by atoms with van der Waals surface area (Å²) in [5.41, 5.74) is 4.54. The van der Waals surface area contributed by atoms with Gasteiger partial charge in [0.2, 0.25) is 0 Å². The minimum Gasteiger partial charge on any atom is -0.378 e. The Kier molecular flexibility index (Phi) is 4.04. The zero-order chi connectivity index (χ0) is 19.5. The summed E-state index contributed by atoms with van der Waals surface area (Å²) in [6, 6.07) is 17.6. The second kappa shape index (κ2) is 6.37. The van der Waals surface area contributed by atoms with Crippen LogP contribution in [0.4, 0.5) is 5.69 Å². The van der Waals surface area contributed by atoms with E-state index in [1.807, 2.05) is 26.8 Å². The maximum atomic E-state index is 12.8. The van der Waals surface area contributed by atoms with Gasteiger partial charge in [-0.05, 0) is 93.0 Å². The molecule has 3 heteroatoms. The van der Waals surface area contributed by atoms with Gasteiger partial charge in [0.25, 0.3) is 5.91 Å². The molecule has 28 heavy (non-hydrogen) atoms. The van der Waals surface area contributed by atoms with Crippen LogP contribution < -0.4 is 10.6 Å². The Labute approximate surface area is 167 Å². The summed E-state index contributed by atoms with van der Waals surface area (Å²) >= 11 is 0. The molecule has 3 aliphatic rings. The van der Waals surface area contributed by atoms with Crippen LogP contribution in [0.3, 0.4) is 0 Å². The fraction of sp³-hybridized carbons (Fsp3) is 0.480. The van der Waals surface area contributed by atoms with Crippen molar-refractivity contribution in [3.8, 4) is 0 Å². The average Bonchev–Trinajstić information content (AvgIpc) is 3.29. The van der Waals surface area contributed by atoms with E-state index < -0.39 is 0 Å². The predicted molar refractivity (Wildman–Crippen MR) is 114 cm³/mol. The monoisotopic (exact) mass is 374 g/mol. The highest BCUT2D eigenvalue weighted by Crippen LogP contribution is 2.63. The van der Waals surface area contributed by atoms with Gasteiger partial charge in [0.1, 0.15) is 0 Å². The van der Waals surface area contributed by atoms with Crippen LogP contribution in [0, 0.1) is 17.8 Å². The van der Waals surface area contributed by atoms with Crippen LogP contribution >= 0.6 is 0 Å². The van der Waals surface area contributed by atoms with Crippen LogP contribution in [0.1, 0.15) is 73.5 Å². The van der Waals surface area contributed by atoms with Gasteiger partial charge < -0.3 is 10.6 Å². The molecule has 5 rings (SSSR count). The molecule has 2 aromatic rings. The second-order valence-electron chi connectivity index (χ2n) is 9.98. The molecule has 1 aliphatic heterocycles. The van der Waals surface area contributed by atoms with Crippen molar-refractivity contribution in [1.82, 2.24) is 5.32 Å². The Balaban J connectivity index is 1.54. The molecule has 2 fully saturated rings. The first-order valence-electron chi connectivity index (χ1n) is 10.7. The van der Waals surface area contributed by atoms with Crippen molar-refractivity contribution in [2.45, 2.75) is 57.5 Å². The molecule has 0 radical (unpaired) electrons. The fourth-order valence-electron chi connectivity index (χ4n) is 6.03. The largest absolute Gasteiger partial charge is 0.378 e. The van der Waals surface area contributed by atoms with E-state index in [1.54, 1.807) is 0 Å². The molecule has 0 unspecified atom stereocenters. The summed E-state index contributed by atoms with van der Waals surface area (Å²) in [6.07, 6.45) is 4.04. The lowest BCUT2D eigenvalue weighted by Crippen LogP contribution is -2.41. The molecule has 2 bridgehead atoms. The number of anilines is 1. The highest BCUT2D eigenvalue weighted by atomic mass is 16.1. The smallest absolute Gasteiger partial charge is 0.251 e. The molecule has 1 amide bonds. The second-order valence-corrected chi connectivity index (χ2v) is 9.98. The normalized spacial score (nSPS) is 30.3. The van der Waals surface area contributed by atoms with Gasteiger partial charge in [-0.2, -0.15) is 0 Å². The van der Waals surface area contributed by atoms with Crippen molar-refractivity contribution in [3.05, 3.63) is 65.2 Å². The lowest BCUT2D eigenvalue weighted by molar-refractivity contribution is 0.0919. The molecule has 0 spiro atoms. The van der Waals surface area contributed by atoms with Crippen LogP contribution in [0.5, 0.6) is 0 Å². The quantitative estimate of drug-likeness (QED) is 0.727. The van der Waals surface area contributed by atoms with Crippen LogP contribution in [0.2, 0.25) is 0 Å². The van der Waals surface area contributed by atoms with E-state index >= 15 is 0 Å². The van der Waals surface area contributed by atoms with Crippen molar-refractivity contribution >= 4 is 11.6 Å². The summed E-state index contributed by atoms with van der Waals surface area (Å²) in [5.74, 6) is 2.80. The number of hydrogen-bond acceptors (Lipinski definition) is 2. The highest BCUT2D eigenvalue weighted by Gasteiger charge is 2.53. The third-order valence-corrected chi connectivity index (χ3v) is 7.00. The minimum absolute atomic E-state index is 0.0280. The molecular weight excluding hydrogens is 344 g/mol. The molecule has 5 atom stereocenters. The Bertz CT molecular complexity index is 899. The van der Waals surface area contributed by atoms with Gasteiger partial charge in [-0.15, -0.1) is 0 Å². The Morgan fingerprint density at radius 1 is 1.04 bits per heavy atom. The van der Waals surface area contributed by atoms with Crippen molar-refractivity contribution < 1.29 is 4.79 Å². The van der Waals surface area contributed by atoms with Gasteiger partial charge in [-0.1, -0.05) is 30.3 Å². The standard InChI is InChI=1S/C25H30N2O/c1-25(2,3)27-24(28)18-11-12-20-19(14-18)21-16-9-10-17(13-16)22(21)23(26-20)15-7-5-4-6-8-15/h4-8,11-12,14,16-17,21-23,26H,9-10,13H2,1-3H3,(H,27,28)/t16-,17+,21-,22-,23-/m1/s1. The van der Waals surface area contributed by atoms with Crippen molar-refractivity contribution in [1.29, 1.82) is 0 Å². The van der Waals surface area contributed by atoms with Crippen LogP contribution in [0.25, 0.3) is 0 Å². The van der Waals surface area contributed by atoms with Gasteiger partial charge in [0.15, 0.2) is 0 Å². The maximum absolute atomic E-state index is 12.8. The fourth-order valence-corrected chi connectivity index (χ4v) is 6.03. The van der Waals surface area contributed by atoms with Crippen molar-refractivity contribution in [3.63, 3.8) is 0 Å². The van der Waals surface area contributed by atoms with E-state index in [9.17, 15) is 4.79 Å². The molecule has 2 aromatic carbocycles. The molecule has 2 aliphatic carbocycles. The molecule has 2 saturated carbocycles. The number of hydrogen-bond donors (Lipinski definition) is 2. The van der Waals surface area contributed by atoms with Gasteiger partial charge in [-0.25, -0.2) is 0 Å². The first-order chi connectivity index (χ1) is 13.4. The van der Waals surface area contributed by atoms with E-state index in [4.69, 9.17) is 0 Å². The summed E-state index contributed by atoms with van der Waals surface area (Å²) in [5, 5.41) is 6.96. The zero-order valence-corrected chi connectivity index (χ0v) is 17.0. The van der Waals surface area contributed by atoms with E-state index in [-0.39, 0.29) is 11.4 Å². The maximum Gasteiger partial charge on any atom is 0.251 e. The Morgan fingerprint density at radius 3 is 2.54 bits per heavy atom. The van der Waals surface area contributed by atoms with Crippen LogP contribution in [-0.4, -0.2) is 11.4 Å². The predicted octanol–water partition coefficient (Wildman–Crippen LogP) is 5.51. The van der Waals surface area contributed by atoms with Crippen LogP contribution in [-0.2, 0) is 0 Å². The van der Waals surface area contributed by atoms with E-state index in [1.165, 1.54) is 36.1 Å². The van der Waals surface area contributed by atoms with E-state index in [0.29, 0.717) is 17.9 Å². The number of amides is 1. The molecular formula is C25H30N2O. The lowest BCUT2D eigenvalue weighted by Gasteiger charge is -2.43. The van der Waals surface area contributed by atoms with E-state index in [2.05, 4.69) is 53.1 Å². The van der Waals surface area contributed by atoms with Crippen molar-refractivity contribution in [2.75, 3.05) is 5.32 Å². The molecule has 146 valence electrons. The summed E-state index contributed by atoms with van der Waals surface area (Å²) in [4.78, 5) is 12.8. The van der Waals surface area contributed by atoms with Crippen LogP contribution in [0.15, 0.2) is 48.5 Å². The third kappa shape index (κ3) is 2.92. The SMILES string of the molecule is CC(C)(C)NC(=O)c1ccc2c(c1)[C@H]1[C@@H]3CC[C@@H](C3)[C@H]1[C@@H](c1ccccc1)N2. The summed E-state index contributed by atoms with van der Waals surface area (Å²) < 4.78 is 0. The number of carbonyl (C=O) groups is 1. The van der Waals surface area contributed by atoms with Gasteiger partial charge >= 0.3 is 0 Å². The van der Waals surface area contributed by atoms with Gasteiger partial charge in [0, 0.05) is 16.8 Å². The number of fused-ring (bicyclic) bond motifs is 7. The van der Waals surface area contributed by atoms with Gasteiger partial charge in [0.05, 0.1) is 6.04 Å². The molecule has 1 heterocycles. The number of nitrogens with one attached hydrogen (secondary N) is 2. The first-order valence-corrected chi connectivity index (χ1v) is 10.7. The molecule has 2 N–H and O–H groups in total. The number of benzene rings is 2. The molecule has 0 saturated heterocycles. The third-order valence-electron chi connectivity index (χ3n) is 7.00. The highest BCUT2D eigenvalue weighted by molar-refractivity contribution is 5.95. The minimum atomic E-state index is -0.224. The van der Waals surface area contributed by atoms with Gasteiger partial charge in [-0.3, -0.25) is 4.79 Å². The zero-order valence-electron chi connectivity index (χ0n) is 17.0. The number of carbonyl (C=O) groups excluding carboxylic acids is 1. The van der Waals surface area contributed by atoms with E-state index in [0.717, 1.165) is 17.4 Å². The average molecular weight is 375 g/mol.